The SMILES string of the molecule is Cc1cnc(F)c(-c2nn3c(c2C(=O)NC2N=C(c4ccccc4)c4ccccc4NC2=O)OCCC3)c1. The van der Waals surface area contributed by atoms with Gasteiger partial charge in [0.15, 0.2) is 0 Å². The number of carbonyl (C=O) groups excluding carboxylic acids is 2. The molecule has 10 heteroatoms. The number of aryl methyl sites for hydroxylation is 2. The zero-order valence-electron chi connectivity index (χ0n) is 20.4. The van der Waals surface area contributed by atoms with Crippen LogP contribution in [0.15, 0.2) is 71.9 Å². The molecule has 2 amide bonds. The standard InChI is InChI=1S/C28H23FN6O3/c1-16-14-19(24(29)30-15-16)23-21(28-35(34-23)12-7-13-38-28)26(36)33-25-27(37)31-20-11-6-5-10-18(20)22(32-25)17-8-3-2-4-9-17/h2-6,8-11,14-15,25H,7,12-13H2,1H3,(H,31,37)(H,33,36). The van der Waals surface area contributed by atoms with Crippen molar-refractivity contribution in [3.63, 3.8) is 0 Å². The number of hydrogen-bond donors (Lipinski definition) is 2. The van der Waals surface area contributed by atoms with E-state index in [4.69, 9.17) is 4.74 Å². The van der Waals surface area contributed by atoms with Crippen molar-refractivity contribution in [3.8, 4) is 17.1 Å². The Hall–Kier alpha value is -4.86. The molecule has 2 aromatic carbocycles. The van der Waals surface area contributed by atoms with E-state index in [-0.39, 0.29) is 22.7 Å². The molecular formula is C28H23FN6O3. The second-order valence-electron chi connectivity index (χ2n) is 9.06. The number of benzodiazepines with no additional fused rings is 1. The third kappa shape index (κ3) is 4.19. The lowest BCUT2D eigenvalue weighted by molar-refractivity contribution is -0.117. The van der Waals surface area contributed by atoms with Crippen molar-refractivity contribution in [2.75, 3.05) is 11.9 Å². The second kappa shape index (κ2) is 9.55. The lowest BCUT2D eigenvalue weighted by Gasteiger charge is -2.17. The van der Waals surface area contributed by atoms with Gasteiger partial charge in [-0.3, -0.25) is 9.59 Å². The summed E-state index contributed by atoms with van der Waals surface area (Å²) in [5, 5.41) is 10.1. The Labute approximate surface area is 217 Å². The lowest BCUT2D eigenvalue weighted by atomic mass is 10.0. The molecule has 0 spiro atoms. The first-order valence-corrected chi connectivity index (χ1v) is 12.2. The van der Waals surface area contributed by atoms with E-state index in [9.17, 15) is 14.0 Å². The Morgan fingerprint density at radius 2 is 1.92 bits per heavy atom. The number of fused-ring (bicyclic) bond motifs is 2. The minimum absolute atomic E-state index is 0.0297. The van der Waals surface area contributed by atoms with Gasteiger partial charge in [0.25, 0.3) is 11.8 Å². The predicted octanol–water partition coefficient (Wildman–Crippen LogP) is 3.72. The van der Waals surface area contributed by atoms with Gasteiger partial charge in [0, 0.05) is 30.3 Å². The molecule has 1 unspecified atom stereocenters. The van der Waals surface area contributed by atoms with Crippen LogP contribution in [-0.2, 0) is 11.3 Å². The summed E-state index contributed by atoms with van der Waals surface area (Å²) in [4.78, 5) is 35.5. The van der Waals surface area contributed by atoms with Gasteiger partial charge in [0.2, 0.25) is 18.0 Å². The first-order valence-electron chi connectivity index (χ1n) is 12.2. The molecular weight excluding hydrogens is 487 g/mol. The molecule has 0 fully saturated rings. The predicted molar refractivity (Wildman–Crippen MR) is 139 cm³/mol. The number of amides is 2. The molecule has 6 rings (SSSR count). The maximum absolute atomic E-state index is 14.8. The summed E-state index contributed by atoms with van der Waals surface area (Å²) >= 11 is 0. The molecule has 0 saturated carbocycles. The van der Waals surface area contributed by atoms with Gasteiger partial charge >= 0.3 is 0 Å². The topological polar surface area (TPSA) is 111 Å². The van der Waals surface area contributed by atoms with Crippen molar-refractivity contribution < 1.29 is 18.7 Å². The maximum atomic E-state index is 14.8. The Balaban J connectivity index is 1.43. The lowest BCUT2D eigenvalue weighted by Crippen LogP contribution is -2.42. The van der Waals surface area contributed by atoms with E-state index in [2.05, 4.69) is 25.7 Å². The fourth-order valence-electron chi connectivity index (χ4n) is 4.62. The number of pyridine rings is 1. The van der Waals surface area contributed by atoms with Crippen molar-refractivity contribution in [2.24, 2.45) is 4.99 Å². The van der Waals surface area contributed by atoms with Crippen LogP contribution in [0.4, 0.5) is 10.1 Å². The summed E-state index contributed by atoms with van der Waals surface area (Å²) in [6.45, 7) is 2.66. The number of nitrogens with zero attached hydrogens (tertiary/aromatic N) is 4. The minimum Gasteiger partial charge on any atom is -0.477 e. The third-order valence-electron chi connectivity index (χ3n) is 6.38. The molecule has 0 bridgehead atoms. The van der Waals surface area contributed by atoms with Gasteiger partial charge in [-0.2, -0.15) is 9.49 Å². The average Bonchev–Trinajstić information content (AvgIpc) is 3.26. The molecule has 2 aromatic heterocycles. The number of halogens is 1. The van der Waals surface area contributed by atoms with Gasteiger partial charge in [-0.1, -0.05) is 48.5 Å². The minimum atomic E-state index is -1.27. The number of nitrogens with one attached hydrogen (secondary N) is 2. The molecule has 0 saturated heterocycles. The first-order chi connectivity index (χ1) is 18.5. The quantitative estimate of drug-likeness (QED) is 0.407. The molecule has 0 radical (unpaired) electrons. The van der Waals surface area contributed by atoms with E-state index < -0.39 is 23.9 Å². The van der Waals surface area contributed by atoms with Crippen LogP contribution in [-0.4, -0.2) is 45.1 Å². The van der Waals surface area contributed by atoms with Crippen molar-refractivity contribution in [1.29, 1.82) is 0 Å². The number of aliphatic imine (C=N–C) groups is 1. The van der Waals surface area contributed by atoms with E-state index in [0.29, 0.717) is 36.5 Å². The van der Waals surface area contributed by atoms with Gasteiger partial charge in [0.1, 0.15) is 11.3 Å². The Morgan fingerprint density at radius 3 is 2.76 bits per heavy atom. The number of para-hydroxylation sites is 1. The number of rotatable bonds is 4. The summed E-state index contributed by atoms with van der Waals surface area (Å²) in [6, 6.07) is 18.3. The van der Waals surface area contributed by atoms with Crippen LogP contribution >= 0.6 is 0 Å². The molecule has 2 aliphatic heterocycles. The zero-order chi connectivity index (χ0) is 26.2. The number of carbonyl (C=O) groups is 2. The summed E-state index contributed by atoms with van der Waals surface area (Å²) in [5.74, 6) is -1.71. The van der Waals surface area contributed by atoms with E-state index in [1.807, 2.05) is 48.5 Å². The molecule has 1 atom stereocenters. The highest BCUT2D eigenvalue weighted by molar-refractivity contribution is 6.20. The van der Waals surface area contributed by atoms with Gasteiger partial charge in [-0.15, -0.1) is 0 Å². The Bertz CT molecular complexity index is 1600. The summed E-state index contributed by atoms with van der Waals surface area (Å²) < 4.78 is 22.1. The highest BCUT2D eigenvalue weighted by Gasteiger charge is 2.33. The molecule has 2 N–H and O–H groups in total. The third-order valence-corrected chi connectivity index (χ3v) is 6.38. The van der Waals surface area contributed by atoms with Crippen LogP contribution < -0.4 is 15.4 Å². The van der Waals surface area contributed by atoms with E-state index in [0.717, 1.165) is 11.1 Å². The Kier molecular flexibility index (Phi) is 5.91. The van der Waals surface area contributed by atoms with Crippen molar-refractivity contribution in [3.05, 3.63) is 95.1 Å². The van der Waals surface area contributed by atoms with Crippen molar-refractivity contribution >= 4 is 23.2 Å². The van der Waals surface area contributed by atoms with E-state index in [1.165, 1.54) is 10.9 Å². The van der Waals surface area contributed by atoms with Gasteiger partial charge in [-0.05, 0) is 24.6 Å². The monoisotopic (exact) mass is 510 g/mol. The van der Waals surface area contributed by atoms with Crippen molar-refractivity contribution in [2.45, 2.75) is 26.1 Å². The van der Waals surface area contributed by atoms with E-state index >= 15 is 0 Å². The van der Waals surface area contributed by atoms with Crippen LogP contribution in [0, 0.1) is 12.9 Å². The second-order valence-corrected chi connectivity index (χ2v) is 9.06. The smallest absolute Gasteiger partial charge is 0.269 e. The van der Waals surface area contributed by atoms with Crippen molar-refractivity contribution in [1.82, 2.24) is 20.1 Å². The fraction of sp³-hybridized carbons (Fsp3) is 0.179. The molecule has 4 heterocycles. The van der Waals surface area contributed by atoms with Gasteiger partial charge in [0.05, 0.1) is 23.6 Å². The highest BCUT2D eigenvalue weighted by atomic mass is 19.1. The molecule has 2 aliphatic rings. The van der Waals surface area contributed by atoms with Gasteiger partial charge in [-0.25, -0.2) is 14.7 Å². The number of aromatic nitrogens is 3. The summed E-state index contributed by atoms with van der Waals surface area (Å²) in [7, 11) is 0. The van der Waals surface area contributed by atoms with Crippen LogP contribution in [0.3, 0.4) is 0 Å². The molecule has 4 aromatic rings. The highest BCUT2D eigenvalue weighted by Crippen LogP contribution is 2.34. The number of ether oxygens (including phenoxy) is 1. The summed E-state index contributed by atoms with van der Waals surface area (Å²) in [6.07, 6.45) is 0.827. The first kappa shape index (κ1) is 23.5. The van der Waals surface area contributed by atoms with Crippen LogP contribution in [0.2, 0.25) is 0 Å². The number of benzene rings is 2. The van der Waals surface area contributed by atoms with Crippen LogP contribution in [0.5, 0.6) is 5.88 Å². The van der Waals surface area contributed by atoms with Gasteiger partial charge < -0.3 is 15.4 Å². The Morgan fingerprint density at radius 1 is 1.13 bits per heavy atom. The van der Waals surface area contributed by atoms with Crippen LogP contribution in [0.1, 0.15) is 33.5 Å². The maximum Gasteiger partial charge on any atom is 0.269 e. The molecule has 9 nitrogen and oxygen atoms in total. The molecule has 38 heavy (non-hydrogen) atoms. The molecule has 0 aliphatic carbocycles. The number of hydrogen-bond acceptors (Lipinski definition) is 6. The fourth-order valence-corrected chi connectivity index (χ4v) is 4.62. The van der Waals surface area contributed by atoms with E-state index in [1.54, 1.807) is 19.1 Å². The molecule has 190 valence electrons. The van der Waals surface area contributed by atoms with Crippen LogP contribution in [0.25, 0.3) is 11.3 Å². The normalized spacial score (nSPS) is 16.3. The summed E-state index contributed by atoms with van der Waals surface area (Å²) in [5.41, 5.74) is 3.55. The average molecular weight is 511 g/mol. The zero-order valence-corrected chi connectivity index (χ0v) is 20.4. The number of anilines is 1. The largest absolute Gasteiger partial charge is 0.477 e.